The lowest BCUT2D eigenvalue weighted by atomic mass is 10.1. The molecule has 0 atom stereocenters. The zero-order valence-electron chi connectivity index (χ0n) is 14.2. The zero-order chi connectivity index (χ0) is 17.9. The SMILES string of the molecule is COc1cccc2cc(CC(=O)CC(=O)OC(C)(C)C)oc(=O)c12. The van der Waals surface area contributed by atoms with Gasteiger partial charge in [-0.3, -0.25) is 9.59 Å². The third-order valence-electron chi connectivity index (χ3n) is 3.16. The second-order valence-corrected chi connectivity index (χ2v) is 6.40. The molecule has 2 aromatic rings. The first kappa shape index (κ1) is 17.7. The monoisotopic (exact) mass is 332 g/mol. The number of hydrogen-bond donors (Lipinski definition) is 0. The van der Waals surface area contributed by atoms with Crippen LogP contribution in [-0.2, 0) is 20.7 Å². The first-order valence-electron chi connectivity index (χ1n) is 7.53. The van der Waals surface area contributed by atoms with Gasteiger partial charge in [0.15, 0.2) is 5.78 Å². The summed E-state index contributed by atoms with van der Waals surface area (Å²) in [6.45, 7) is 5.18. The lowest BCUT2D eigenvalue weighted by Crippen LogP contribution is -2.25. The van der Waals surface area contributed by atoms with E-state index in [0.717, 1.165) is 0 Å². The van der Waals surface area contributed by atoms with E-state index in [1.54, 1.807) is 45.0 Å². The molecule has 0 spiro atoms. The highest BCUT2D eigenvalue weighted by Crippen LogP contribution is 2.23. The summed E-state index contributed by atoms with van der Waals surface area (Å²) in [5, 5.41) is 0.939. The van der Waals surface area contributed by atoms with Crippen LogP contribution in [0.5, 0.6) is 5.75 Å². The summed E-state index contributed by atoms with van der Waals surface area (Å²) in [5.41, 5.74) is -1.23. The first-order valence-corrected chi connectivity index (χ1v) is 7.53. The van der Waals surface area contributed by atoms with Crippen molar-refractivity contribution in [2.24, 2.45) is 0 Å². The third-order valence-corrected chi connectivity index (χ3v) is 3.16. The number of benzene rings is 1. The highest BCUT2D eigenvalue weighted by atomic mass is 16.6. The number of rotatable bonds is 5. The second-order valence-electron chi connectivity index (χ2n) is 6.40. The van der Waals surface area contributed by atoms with Crippen LogP contribution in [0.25, 0.3) is 10.8 Å². The fourth-order valence-electron chi connectivity index (χ4n) is 2.31. The van der Waals surface area contributed by atoms with Crippen LogP contribution in [0.4, 0.5) is 0 Å². The van der Waals surface area contributed by atoms with E-state index in [9.17, 15) is 14.4 Å². The number of ether oxygens (including phenoxy) is 2. The molecule has 128 valence electrons. The van der Waals surface area contributed by atoms with Crippen molar-refractivity contribution in [1.82, 2.24) is 0 Å². The van der Waals surface area contributed by atoms with Gasteiger partial charge >= 0.3 is 11.6 Å². The summed E-state index contributed by atoms with van der Waals surface area (Å²) in [6, 6.07) is 6.74. The van der Waals surface area contributed by atoms with Crippen LogP contribution in [0.1, 0.15) is 33.0 Å². The highest BCUT2D eigenvalue weighted by molar-refractivity contribution is 5.97. The van der Waals surface area contributed by atoms with E-state index in [1.807, 2.05) is 0 Å². The van der Waals surface area contributed by atoms with Crippen LogP contribution in [0.15, 0.2) is 33.5 Å². The molecule has 0 amide bonds. The van der Waals surface area contributed by atoms with Gasteiger partial charge in [-0.25, -0.2) is 4.79 Å². The summed E-state index contributed by atoms with van der Waals surface area (Å²) in [4.78, 5) is 35.8. The average molecular weight is 332 g/mol. The minimum atomic E-state index is -0.649. The van der Waals surface area contributed by atoms with Crippen molar-refractivity contribution in [3.8, 4) is 5.75 Å². The van der Waals surface area contributed by atoms with Crippen molar-refractivity contribution < 1.29 is 23.5 Å². The molecule has 0 bridgehead atoms. The predicted octanol–water partition coefficient (Wildman–Crippen LogP) is 2.65. The summed E-state index contributed by atoms with van der Waals surface area (Å²) >= 11 is 0. The van der Waals surface area contributed by atoms with Crippen LogP contribution in [0.2, 0.25) is 0 Å². The van der Waals surface area contributed by atoms with Crippen LogP contribution in [0, 0.1) is 0 Å². The van der Waals surface area contributed by atoms with E-state index in [0.29, 0.717) is 16.5 Å². The maximum Gasteiger partial charge on any atom is 0.347 e. The smallest absolute Gasteiger partial charge is 0.347 e. The molecule has 0 aliphatic carbocycles. The molecule has 0 aliphatic rings. The average Bonchev–Trinajstić information content (AvgIpc) is 2.43. The first-order chi connectivity index (χ1) is 11.2. The van der Waals surface area contributed by atoms with E-state index in [1.165, 1.54) is 7.11 Å². The topological polar surface area (TPSA) is 82.8 Å². The van der Waals surface area contributed by atoms with Crippen molar-refractivity contribution in [3.63, 3.8) is 0 Å². The molecule has 1 aromatic carbocycles. The van der Waals surface area contributed by atoms with E-state index >= 15 is 0 Å². The molecular formula is C18H20O6. The zero-order valence-corrected chi connectivity index (χ0v) is 14.2. The highest BCUT2D eigenvalue weighted by Gasteiger charge is 2.20. The van der Waals surface area contributed by atoms with Crippen molar-refractivity contribution >= 4 is 22.5 Å². The predicted molar refractivity (Wildman–Crippen MR) is 88.2 cm³/mol. The molecule has 0 saturated carbocycles. The molecule has 24 heavy (non-hydrogen) atoms. The van der Waals surface area contributed by atoms with Crippen molar-refractivity contribution in [2.45, 2.75) is 39.2 Å². The van der Waals surface area contributed by atoms with Gasteiger partial charge in [-0.2, -0.15) is 0 Å². The Bertz CT molecular complexity index is 825. The molecule has 1 heterocycles. The quantitative estimate of drug-likeness (QED) is 0.618. The van der Waals surface area contributed by atoms with Crippen LogP contribution >= 0.6 is 0 Å². The maximum atomic E-state index is 12.1. The van der Waals surface area contributed by atoms with Gasteiger partial charge in [0.05, 0.1) is 13.5 Å². The number of carbonyl (C=O) groups excluding carboxylic acids is 2. The minimum Gasteiger partial charge on any atom is -0.496 e. The molecule has 0 fully saturated rings. The molecule has 6 nitrogen and oxygen atoms in total. The molecule has 0 aliphatic heterocycles. The molecule has 0 saturated heterocycles. The fraction of sp³-hybridized carbons (Fsp3) is 0.389. The number of esters is 1. The number of carbonyl (C=O) groups is 2. The van der Waals surface area contributed by atoms with Crippen molar-refractivity contribution in [3.05, 3.63) is 40.4 Å². The maximum absolute atomic E-state index is 12.1. The number of fused-ring (bicyclic) bond motifs is 1. The lowest BCUT2D eigenvalue weighted by molar-refractivity contribution is -0.156. The minimum absolute atomic E-state index is 0.151. The van der Waals surface area contributed by atoms with Gasteiger partial charge in [-0.15, -0.1) is 0 Å². The van der Waals surface area contributed by atoms with E-state index < -0.39 is 17.2 Å². The molecule has 6 heteroatoms. The Labute approximate surface area is 139 Å². The van der Waals surface area contributed by atoms with E-state index in [4.69, 9.17) is 13.9 Å². The Morgan fingerprint density at radius 1 is 1.21 bits per heavy atom. The molecular weight excluding hydrogens is 312 g/mol. The Morgan fingerprint density at radius 2 is 1.92 bits per heavy atom. The van der Waals surface area contributed by atoms with Crippen molar-refractivity contribution in [2.75, 3.05) is 7.11 Å². The largest absolute Gasteiger partial charge is 0.496 e. The lowest BCUT2D eigenvalue weighted by Gasteiger charge is -2.19. The van der Waals surface area contributed by atoms with E-state index in [2.05, 4.69) is 0 Å². The normalized spacial score (nSPS) is 11.3. The van der Waals surface area contributed by atoms with Gasteiger partial charge in [0.2, 0.25) is 0 Å². The van der Waals surface area contributed by atoms with Crippen molar-refractivity contribution in [1.29, 1.82) is 0 Å². The molecule has 0 radical (unpaired) electrons. The van der Waals surface area contributed by atoms with Crippen LogP contribution in [0.3, 0.4) is 0 Å². The molecule has 1 aromatic heterocycles. The Balaban J connectivity index is 2.17. The number of methoxy groups -OCH3 is 1. The van der Waals surface area contributed by atoms with E-state index in [-0.39, 0.29) is 24.4 Å². The van der Waals surface area contributed by atoms with Gasteiger partial charge in [-0.05, 0) is 38.3 Å². The van der Waals surface area contributed by atoms with Gasteiger partial charge in [0.25, 0.3) is 0 Å². The second kappa shape index (κ2) is 6.86. The summed E-state index contributed by atoms with van der Waals surface area (Å²) in [5.74, 6) is -0.367. The van der Waals surface area contributed by atoms with Gasteiger partial charge in [-0.1, -0.05) is 12.1 Å². The number of ketones is 1. The van der Waals surface area contributed by atoms with Gasteiger partial charge in [0.1, 0.15) is 28.9 Å². The summed E-state index contributed by atoms with van der Waals surface area (Å²) in [6.07, 6.45) is -0.515. The molecule has 0 unspecified atom stereocenters. The standard InChI is InChI=1S/C18H20O6/c1-18(2,3)24-15(20)10-12(19)9-13-8-11-6-5-7-14(22-4)16(11)17(21)23-13/h5-8H,9-10H2,1-4H3. The Kier molecular flexibility index (Phi) is 5.07. The van der Waals surface area contributed by atoms with Crippen LogP contribution in [-0.4, -0.2) is 24.5 Å². The number of hydrogen-bond acceptors (Lipinski definition) is 6. The Morgan fingerprint density at radius 3 is 2.54 bits per heavy atom. The van der Waals surface area contributed by atoms with Crippen LogP contribution < -0.4 is 10.4 Å². The van der Waals surface area contributed by atoms with Gasteiger partial charge in [0, 0.05) is 0 Å². The Hall–Kier alpha value is -2.63. The van der Waals surface area contributed by atoms with Gasteiger partial charge < -0.3 is 13.9 Å². The molecule has 0 N–H and O–H groups in total. The molecule has 2 rings (SSSR count). The summed E-state index contributed by atoms with van der Waals surface area (Å²) < 4.78 is 15.4. The number of Topliss-reactive ketones (excluding diaryl/α,β-unsaturated/α-hetero) is 1. The fourth-order valence-corrected chi connectivity index (χ4v) is 2.31. The third kappa shape index (κ3) is 4.44. The summed E-state index contributed by atoms with van der Waals surface area (Å²) in [7, 11) is 1.46.